The van der Waals surface area contributed by atoms with Gasteiger partial charge in [0.2, 0.25) is 5.13 Å². The van der Waals surface area contributed by atoms with Crippen LogP contribution in [0.15, 0.2) is 23.0 Å². The summed E-state index contributed by atoms with van der Waals surface area (Å²) in [5.74, 6) is 0.316. The molecule has 154 valence electrons. The molecule has 1 amide bonds. The highest BCUT2D eigenvalue weighted by molar-refractivity contribution is 7.16. The zero-order valence-electron chi connectivity index (χ0n) is 17.8. The summed E-state index contributed by atoms with van der Waals surface area (Å²) in [7, 11) is 0. The Balaban J connectivity index is 1.89. The molecular weight excluding hydrogens is 384 g/mol. The number of hydrogen-bond acceptors (Lipinski definition) is 4. The van der Waals surface area contributed by atoms with Crippen LogP contribution < -0.4 is 10.9 Å². The fourth-order valence-electron chi connectivity index (χ4n) is 3.20. The molecule has 3 aromatic rings. The van der Waals surface area contributed by atoms with Crippen LogP contribution in [-0.2, 0) is 6.42 Å². The third-order valence-electron chi connectivity index (χ3n) is 5.20. The van der Waals surface area contributed by atoms with Crippen molar-refractivity contribution in [3.8, 4) is 5.13 Å². The first-order valence-corrected chi connectivity index (χ1v) is 10.7. The highest BCUT2D eigenvalue weighted by atomic mass is 32.1. The van der Waals surface area contributed by atoms with E-state index >= 15 is 0 Å². The molecule has 2 aromatic heterocycles. The summed E-state index contributed by atoms with van der Waals surface area (Å²) in [5, 5.41) is 6.57. The smallest absolute Gasteiger partial charge is 0.276 e. The van der Waals surface area contributed by atoms with Crippen molar-refractivity contribution < 1.29 is 4.79 Å². The molecule has 0 saturated carbocycles. The molecule has 0 aliphatic carbocycles. The molecule has 0 atom stereocenters. The number of benzene rings is 1. The van der Waals surface area contributed by atoms with E-state index in [4.69, 9.17) is 0 Å². The summed E-state index contributed by atoms with van der Waals surface area (Å²) in [4.78, 5) is 30.7. The summed E-state index contributed by atoms with van der Waals surface area (Å²) in [6, 6.07) is 5.82. The third-order valence-corrected chi connectivity index (χ3v) is 6.34. The Morgan fingerprint density at radius 2 is 1.97 bits per heavy atom. The average molecular weight is 413 g/mol. The molecule has 29 heavy (non-hydrogen) atoms. The molecular formula is C22H28N4O2S. The Morgan fingerprint density at radius 3 is 2.66 bits per heavy atom. The minimum Gasteiger partial charge on any atom is -0.321 e. The van der Waals surface area contributed by atoms with Gasteiger partial charge in [0.05, 0.1) is 5.69 Å². The summed E-state index contributed by atoms with van der Waals surface area (Å²) in [6.07, 6.45) is 1.69. The second kappa shape index (κ2) is 8.37. The van der Waals surface area contributed by atoms with E-state index in [9.17, 15) is 9.59 Å². The van der Waals surface area contributed by atoms with Crippen molar-refractivity contribution in [3.63, 3.8) is 0 Å². The number of aromatic amines is 1. The van der Waals surface area contributed by atoms with Crippen LogP contribution in [0.2, 0.25) is 0 Å². The molecule has 0 unspecified atom stereocenters. The van der Waals surface area contributed by atoms with Crippen LogP contribution >= 0.6 is 11.3 Å². The number of aryl methyl sites for hydroxylation is 3. The standard InChI is InChI=1S/C22H28N4O2S/c1-12(2)10-11-17-15(5)25-26(21(17)28)22-23-16(6)19(29-22)20(27)24-18-9-7-8-13(3)14(18)4/h7-9,12,25H,10-11H2,1-6H3,(H,24,27). The van der Waals surface area contributed by atoms with Crippen molar-refractivity contribution in [1.82, 2.24) is 14.8 Å². The third kappa shape index (κ3) is 4.34. The Morgan fingerprint density at radius 1 is 1.24 bits per heavy atom. The number of hydrogen-bond donors (Lipinski definition) is 2. The summed E-state index contributed by atoms with van der Waals surface area (Å²) >= 11 is 1.22. The van der Waals surface area contributed by atoms with Crippen LogP contribution in [0.25, 0.3) is 5.13 Å². The average Bonchev–Trinajstić information content (AvgIpc) is 3.17. The topological polar surface area (TPSA) is 79.8 Å². The summed E-state index contributed by atoms with van der Waals surface area (Å²) < 4.78 is 1.46. The van der Waals surface area contributed by atoms with Crippen LogP contribution in [0.3, 0.4) is 0 Å². The molecule has 2 heterocycles. The second-order valence-electron chi connectivity index (χ2n) is 7.90. The van der Waals surface area contributed by atoms with Gasteiger partial charge in [0.1, 0.15) is 4.88 Å². The highest BCUT2D eigenvalue weighted by Gasteiger charge is 2.20. The maximum absolute atomic E-state index is 12.9. The van der Waals surface area contributed by atoms with E-state index in [0.717, 1.165) is 40.9 Å². The van der Waals surface area contributed by atoms with Gasteiger partial charge in [0.15, 0.2) is 0 Å². The number of nitrogens with one attached hydrogen (secondary N) is 2. The number of thiazole rings is 1. The van der Waals surface area contributed by atoms with Gasteiger partial charge >= 0.3 is 0 Å². The number of nitrogens with zero attached hydrogens (tertiary/aromatic N) is 2. The predicted octanol–water partition coefficient (Wildman–Crippen LogP) is 4.70. The number of rotatable bonds is 6. The lowest BCUT2D eigenvalue weighted by atomic mass is 10.0. The number of aromatic nitrogens is 3. The number of anilines is 1. The quantitative estimate of drug-likeness (QED) is 0.616. The van der Waals surface area contributed by atoms with Gasteiger partial charge in [-0.1, -0.05) is 37.3 Å². The Hall–Kier alpha value is -2.67. The van der Waals surface area contributed by atoms with E-state index < -0.39 is 0 Å². The lowest BCUT2D eigenvalue weighted by Gasteiger charge is -2.09. The molecule has 0 fully saturated rings. The van der Waals surface area contributed by atoms with E-state index in [1.165, 1.54) is 16.0 Å². The van der Waals surface area contributed by atoms with Gasteiger partial charge in [-0.15, -0.1) is 0 Å². The van der Waals surface area contributed by atoms with E-state index in [0.29, 0.717) is 21.6 Å². The largest absolute Gasteiger partial charge is 0.321 e. The summed E-state index contributed by atoms with van der Waals surface area (Å²) in [6.45, 7) is 12.0. The van der Waals surface area contributed by atoms with Crippen molar-refractivity contribution in [2.24, 2.45) is 5.92 Å². The second-order valence-corrected chi connectivity index (χ2v) is 8.88. The number of carbonyl (C=O) groups excluding carboxylic acids is 1. The normalized spacial score (nSPS) is 11.3. The molecule has 6 nitrogen and oxygen atoms in total. The molecule has 0 bridgehead atoms. The van der Waals surface area contributed by atoms with Crippen molar-refractivity contribution in [1.29, 1.82) is 0 Å². The van der Waals surface area contributed by atoms with Crippen molar-refractivity contribution in [2.45, 2.75) is 54.4 Å². The van der Waals surface area contributed by atoms with E-state index in [1.54, 1.807) is 6.92 Å². The number of carbonyl (C=O) groups is 1. The van der Waals surface area contributed by atoms with E-state index in [1.807, 2.05) is 39.0 Å². The summed E-state index contributed by atoms with van der Waals surface area (Å²) in [5.41, 5.74) is 5.10. The first-order valence-electron chi connectivity index (χ1n) is 9.85. The lowest BCUT2D eigenvalue weighted by Crippen LogP contribution is -2.17. The molecule has 0 radical (unpaired) electrons. The number of H-pyrrole nitrogens is 1. The Bertz CT molecular complexity index is 1100. The van der Waals surface area contributed by atoms with Crippen molar-refractivity contribution >= 4 is 22.9 Å². The van der Waals surface area contributed by atoms with Gasteiger partial charge < -0.3 is 5.32 Å². The van der Waals surface area contributed by atoms with Gasteiger partial charge in [-0.25, -0.2) is 4.98 Å². The zero-order chi connectivity index (χ0) is 21.3. The van der Waals surface area contributed by atoms with E-state index in [2.05, 4.69) is 29.2 Å². The molecule has 0 saturated heterocycles. The maximum atomic E-state index is 12.9. The van der Waals surface area contributed by atoms with Crippen LogP contribution in [0.4, 0.5) is 5.69 Å². The minimum atomic E-state index is -0.212. The first-order chi connectivity index (χ1) is 13.7. The van der Waals surface area contributed by atoms with Crippen molar-refractivity contribution in [2.75, 3.05) is 5.32 Å². The molecule has 2 N–H and O–H groups in total. The molecule has 3 rings (SSSR count). The Kier molecular flexibility index (Phi) is 6.07. The fourth-order valence-corrected chi connectivity index (χ4v) is 4.12. The van der Waals surface area contributed by atoms with Gasteiger partial charge in [-0.2, -0.15) is 4.68 Å². The first kappa shape index (κ1) is 21.0. The van der Waals surface area contributed by atoms with Crippen LogP contribution in [0.1, 0.15) is 58.0 Å². The van der Waals surface area contributed by atoms with Crippen LogP contribution in [0, 0.1) is 33.6 Å². The molecule has 0 aliphatic rings. The monoisotopic (exact) mass is 412 g/mol. The predicted molar refractivity (Wildman–Crippen MR) is 119 cm³/mol. The SMILES string of the molecule is Cc1cccc(NC(=O)c2sc(-n3[nH]c(C)c(CCC(C)C)c3=O)nc2C)c1C. The van der Waals surface area contributed by atoms with Crippen LogP contribution in [0.5, 0.6) is 0 Å². The molecule has 0 spiro atoms. The zero-order valence-corrected chi connectivity index (χ0v) is 18.7. The molecule has 0 aliphatic heterocycles. The number of amides is 1. The van der Waals surface area contributed by atoms with Crippen molar-refractivity contribution in [3.05, 3.63) is 61.5 Å². The lowest BCUT2D eigenvalue weighted by molar-refractivity contribution is 0.102. The maximum Gasteiger partial charge on any atom is 0.276 e. The van der Waals surface area contributed by atoms with Gasteiger partial charge in [0.25, 0.3) is 11.5 Å². The van der Waals surface area contributed by atoms with Gasteiger partial charge in [-0.3, -0.25) is 14.7 Å². The minimum absolute atomic E-state index is 0.0848. The highest BCUT2D eigenvalue weighted by Crippen LogP contribution is 2.24. The Labute approximate surface area is 175 Å². The van der Waals surface area contributed by atoms with Gasteiger partial charge in [0, 0.05) is 16.9 Å². The van der Waals surface area contributed by atoms with Crippen LogP contribution in [-0.4, -0.2) is 20.7 Å². The molecule has 1 aromatic carbocycles. The fraction of sp³-hybridized carbons (Fsp3) is 0.409. The molecule has 7 heteroatoms. The van der Waals surface area contributed by atoms with E-state index in [-0.39, 0.29) is 11.5 Å². The van der Waals surface area contributed by atoms with Gasteiger partial charge in [-0.05, 0) is 63.6 Å².